The van der Waals surface area contributed by atoms with Gasteiger partial charge >= 0.3 is 0 Å². The molecule has 0 radical (unpaired) electrons. The van der Waals surface area contributed by atoms with E-state index in [1.54, 1.807) is 6.92 Å². The van der Waals surface area contributed by atoms with Crippen LogP contribution in [0.1, 0.15) is 59.2 Å². The number of nitriles is 1. The summed E-state index contributed by atoms with van der Waals surface area (Å²) in [5.74, 6) is -0.484. The summed E-state index contributed by atoms with van der Waals surface area (Å²) in [5, 5.41) is 14.9. The quantitative estimate of drug-likeness (QED) is 0.846. The smallest absolute Gasteiger partial charge is 0.273 e. The SMILES string of the molecule is CC(C#N)C(=O)N[C@@H]1c2ccccc2C[C@H]1NC(=O)c1coc(C2CC2)n1. The van der Waals surface area contributed by atoms with E-state index in [4.69, 9.17) is 9.68 Å². The highest BCUT2D eigenvalue weighted by Crippen LogP contribution is 2.39. The molecule has 7 nitrogen and oxygen atoms in total. The number of oxazole rings is 1. The van der Waals surface area contributed by atoms with Crippen LogP contribution in [-0.4, -0.2) is 22.8 Å². The van der Waals surface area contributed by atoms with E-state index in [0.717, 1.165) is 24.0 Å². The average Bonchev–Trinajstić information content (AvgIpc) is 3.31. The summed E-state index contributed by atoms with van der Waals surface area (Å²) >= 11 is 0. The maximum absolute atomic E-state index is 12.6. The number of hydrogen-bond acceptors (Lipinski definition) is 5. The number of nitrogens with zero attached hydrogens (tertiary/aromatic N) is 2. The second-order valence-corrected chi connectivity index (χ2v) is 7.17. The zero-order chi connectivity index (χ0) is 19.0. The predicted octanol–water partition coefficient (Wildman–Crippen LogP) is 2.22. The number of carbonyl (C=O) groups excluding carboxylic acids is 2. The van der Waals surface area contributed by atoms with Crippen molar-refractivity contribution in [3.05, 3.63) is 53.2 Å². The summed E-state index contributed by atoms with van der Waals surface area (Å²) in [4.78, 5) is 29.2. The Morgan fingerprint density at radius 1 is 1.30 bits per heavy atom. The Balaban J connectivity index is 1.52. The van der Waals surface area contributed by atoms with Crippen LogP contribution in [0.3, 0.4) is 0 Å². The topological polar surface area (TPSA) is 108 Å². The lowest BCUT2D eigenvalue weighted by molar-refractivity contribution is -0.123. The van der Waals surface area contributed by atoms with Crippen LogP contribution in [0.4, 0.5) is 0 Å². The molecule has 0 aliphatic heterocycles. The predicted molar refractivity (Wildman–Crippen MR) is 95.5 cm³/mol. The highest BCUT2D eigenvalue weighted by Gasteiger charge is 2.36. The largest absolute Gasteiger partial charge is 0.448 e. The molecule has 1 fully saturated rings. The number of benzene rings is 1. The van der Waals surface area contributed by atoms with Gasteiger partial charge in [-0.25, -0.2) is 4.98 Å². The van der Waals surface area contributed by atoms with Gasteiger partial charge < -0.3 is 15.1 Å². The van der Waals surface area contributed by atoms with Crippen molar-refractivity contribution in [3.8, 4) is 6.07 Å². The minimum Gasteiger partial charge on any atom is -0.448 e. The van der Waals surface area contributed by atoms with Gasteiger partial charge in [-0.05, 0) is 37.3 Å². The molecule has 27 heavy (non-hydrogen) atoms. The summed E-state index contributed by atoms with van der Waals surface area (Å²) in [6.45, 7) is 1.55. The highest BCUT2D eigenvalue weighted by molar-refractivity contribution is 5.92. The van der Waals surface area contributed by atoms with Crippen LogP contribution in [0.5, 0.6) is 0 Å². The first kappa shape index (κ1) is 17.3. The molecule has 0 spiro atoms. The third kappa shape index (κ3) is 3.43. The molecule has 4 rings (SSSR count). The van der Waals surface area contributed by atoms with Crippen molar-refractivity contribution in [2.45, 2.75) is 44.2 Å². The number of carbonyl (C=O) groups is 2. The molecule has 0 bridgehead atoms. The molecule has 2 aromatic rings. The van der Waals surface area contributed by atoms with Gasteiger partial charge in [-0.3, -0.25) is 9.59 Å². The van der Waals surface area contributed by atoms with Gasteiger partial charge in [-0.1, -0.05) is 24.3 Å². The lowest BCUT2D eigenvalue weighted by atomic mass is 10.1. The summed E-state index contributed by atoms with van der Waals surface area (Å²) in [7, 11) is 0. The van der Waals surface area contributed by atoms with Gasteiger partial charge in [0.2, 0.25) is 5.91 Å². The van der Waals surface area contributed by atoms with Crippen molar-refractivity contribution in [1.82, 2.24) is 15.6 Å². The molecule has 1 saturated carbocycles. The molecule has 1 aromatic heterocycles. The standard InChI is InChI=1S/C20H20N4O3/c1-11(9-21)18(25)24-17-14-5-3-2-4-13(14)8-15(17)22-19(26)16-10-27-20(23-16)12-6-7-12/h2-5,10-12,15,17H,6-8H2,1H3,(H,22,26)(H,24,25)/t11?,15-,17-/m1/s1. The number of aromatic nitrogens is 1. The molecule has 2 aliphatic carbocycles. The zero-order valence-electron chi connectivity index (χ0n) is 14.9. The van der Waals surface area contributed by atoms with Gasteiger partial charge in [0.05, 0.1) is 18.2 Å². The molecule has 138 valence electrons. The Kier molecular flexibility index (Phi) is 4.40. The number of nitrogens with one attached hydrogen (secondary N) is 2. The number of hydrogen-bond donors (Lipinski definition) is 2. The van der Waals surface area contributed by atoms with Gasteiger partial charge in [0, 0.05) is 5.92 Å². The van der Waals surface area contributed by atoms with Crippen LogP contribution in [0.25, 0.3) is 0 Å². The molecule has 7 heteroatoms. The van der Waals surface area contributed by atoms with Crippen molar-refractivity contribution in [2.75, 3.05) is 0 Å². The van der Waals surface area contributed by atoms with Crippen molar-refractivity contribution < 1.29 is 14.0 Å². The highest BCUT2D eigenvalue weighted by atomic mass is 16.3. The average molecular weight is 364 g/mol. The molecule has 2 aliphatic rings. The number of rotatable bonds is 5. The van der Waals surface area contributed by atoms with E-state index < -0.39 is 5.92 Å². The third-order valence-electron chi connectivity index (χ3n) is 5.11. The van der Waals surface area contributed by atoms with E-state index in [0.29, 0.717) is 18.2 Å². The fourth-order valence-corrected chi connectivity index (χ4v) is 3.40. The Morgan fingerprint density at radius 3 is 2.81 bits per heavy atom. The molecule has 1 unspecified atom stereocenters. The summed E-state index contributed by atoms with van der Waals surface area (Å²) in [5.41, 5.74) is 2.28. The van der Waals surface area contributed by atoms with E-state index in [2.05, 4.69) is 15.6 Å². The molecule has 1 aromatic carbocycles. The van der Waals surface area contributed by atoms with Crippen LogP contribution in [-0.2, 0) is 11.2 Å². The number of fused-ring (bicyclic) bond motifs is 1. The molecule has 3 atom stereocenters. The van der Waals surface area contributed by atoms with E-state index in [-0.39, 0.29) is 29.6 Å². The van der Waals surface area contributed by atoms with Crippen molar-refractivity contribution in [1.29, 1.82) is 5.26 Å². The Morgan fingerprint density at radius 2 is 2.07 bits per heavy atom. The van der Waals surface area contributed by atoms with Gasteiger partial charge in [0.25, 0.3) is 5.91 Å². The van der Waals surface area contributed by atoms with Crippen molar-refractivity contribution >= 4 is 11.8 Å². The Labute approximate surface area is 156 Å². The lowest BCUT2D eigenvalue weighted by Crippen LogP contribution is -2.45. The summed E-state index contributed by atoms with van der Waals surface area (Å²) < 4.78 is 5.40. The molecular weight excluding hydrogens is 344 g/mol. The second-order valence-electron chi connectivity index (χ2n) is 7.17. The van der Waals surface area contributed by atoms with Crippen molar-refractivity contribution in [3.63, 3.8) is 0 Å². The molecule has 2 N–H and O–H groups in total. The van der Waals surface area contributed by atoms with Crippen LogP contribution >= 0.6 is 0 Å². The van der Waals surface area contributed by atoms with Gasteiger partial charge in [0.15, 0.2) is 11.6 Å². The lowest BCUT2D eigenvalue weighted by Gasteiger charge is -2.23. The fourth-order valence-electron chi connectivity index (χ4n) is 3.40. The van der Waals surface area contributed by atoms with Gasteiger partial charge in [-0.2, -0.15) is 5.26 Å². The minimum absolute atomic E-state index is 0.253. The molecule has 0 saturated heterocycles. The van der Waals surface area contributed by atoms with E-state index in [1.807, 2.05) is 30.3 Å². The molecular formula is C20H20N4O3. The van der Waals surface area contributed by atoms with Crippen LogP contribution in [0.2, 0.25) is 0 Å². The fraction of sp³-hybridized carbons (Fsp3) is 0.400. The summed E-state index contributed by atoms with van der Waals surface area (Å²) in [6.07, 6.45) is 4.08. The molecule has 1 heterocycles. The number of amides is 2. The second kappa shape index (κ2) is 6.88. The van der Waals surface area contributed by atoms with Crippen LogP contribution < -0.4 is 10.6 Å². The van der Waals surface area contributed by atoms with Crippen LogP contribution in [0, 0.1) is 17.2 Å². The van der Waals surface area contributed by atoms with E-state index in [9.17, 15) is 9.59 Å². The first-order valence-corrected chi connectivity index (χ1v) is 9.11. The zero-order valence-corrected chi connectivity index (χ0v) is 14.9. The first-order valence-electron chi connectivity index (χ1n) is 9.11. The Bertz CT molecular complexity index is 925. The summed E-state index contributed by atoms with van der Waals surface area (Å²) in [6, 6.07) is 8.99. The Hall–Kier alpha value is -3.14. The van der Waals surface area contributed by atoms with E-state index in [1.165, 1.54) is 6.26 Å². The maximum Gasteiger partial charge on any atom is 0.273 e. The van der Waals surface area contributed by atoms with Gasteiger partial charge in [0.1, 0.15) is 12.2 Å². The van der Waals surface area contributed by atoms with Crippen LogP contribution in [0.15, 0.2) is 34.9 Å². The minimum atomic E-state index is -0.759. The maximum atomic E-state index is 12.6. The normalized spacial score (nSPS) is 21.8. The van der Waals surface area contributed by atoms with Gasteiger partial charge in [-0.15, -0.1) is 0 Å². The van der Waals surface area contributed by atoms with E-state index >= 15 is 0 Å². The first-order chi connectivity index (χ1) is 13.1. The van der Waals surface area contributed by atoms with Crippen molar-refractivity contribution in [2.24, 2.45) is 5.92 Å². The monoisotopic (exact) mass is 364 g/mol. The third-order valence-corrected chi connectivity index (χ3v) is 5.11. The molecule has 2 amide bonds.